The van der Waals surface area contributed by atoms with Gasteiger partial charge in [-0.1, -0.05) is 162 Å². The summed E-state index contributed by atoms with van der Waals surface area (Å²) < 4.78 is 10.4. The predicted octanol–water partition coefficient (Wildman–Crippen LogP) is 13.7. The number of carbonyl (C=O) groups is 4. The van der Waals surface area contributed by atoms with Gasteiger partial charge in [-0.25, -0.2) is 0 Å². The Kier molecular flexibility index (Phi) is 16.1. The Morgan fingerprint density at radius 1 is 0.464 bits per heavy atom. The van der Waals surface area contributed by atoms with Gasteiger partial charge in [0.15, 0.2) is 11.5 Å². The highest BCUT2D eigenvalue weighted by Crippen LogP contribution is 2.55. The lowest BCUT2D eigenvalue weighted by Gasteiger charge is -2.57. The molecule has 0 unspecified atom stereocenters. The van der Waals surface area contributed by atoms with E-state index in [-0.39, 0.29) is 46.8 Å². The second-order valence-electron chi connectivity index (χ2n) is 23.6. The van der Waals surface area contributed by atoms with E-state index in [2.05, 4.69) is 27.3 Å². The van der Waals surface area contributed by atoms with Gasteiger partial charge in [0.05, 0.1) is 0 Å². The molecule has 0 radical (unpaired) electrons. The number of ether oxygens (including phenoxy) is 2. The van der Waals surface area contributed by atoms with Crippen molar-refractivity contribution in [3.8, 4) is 22.6 Å². The first-order chi connectivity index (χ1) is 32.3. The average molecular weight is 937 g/mol. The van der Waals surface area contributed by atoms with Gasteiger partial charge in [0.1, 0.15) is 0 Å². The molecule has 10 heteroatoms. The third-order valence-corrected chi connectivity index (χ3v) is 13.0. The van der Waals surface area contributed by atoms with Crippen molar-refractivity contribution in [2.75, 3.05) is 22.7 Å². The topological polar surface area (TPSA) is 135 Å². The Morgan fingerprint density at radius 2 is 0.913 bits per heavy atom. The number of hydrogen-bond donors (Lipinski definition) is 4. The van der Waals surface area contributed by atoms with E-state index in [0.29, 0.717) is 11.5 Å². The number of rotatable bonds is 5. The lowest BCUT2D eigenvalue weighted by atomic mass is 9.53. The molecule has 4 saturated carbocycles. The van der Waals surface area contributed by atoms with E-state index < -0.39 is 10.8 Å². The molecule has 0 atom stereocenters. The van der Waals surface area contributed by atoms with Gasteiger partial charge in [-0.3, -0.25) is 19.2 Å². The first kappa shape index (κ1) is 52.2. The highest BCUT2D eigenvalue weighted by molar-refractivity contribution is 5.99. The number of fused-ring (bicyclic) bond motifs is 2. The van der Waals surface area contributed by atoms with Crippen LogP contribution >= 0.6 is 0 Å². The van der Waals surface area contributed by atoms with E-state index in [1.165, 1.54) is 43.9 Å². The minimum Gasteiger partial charge on any atom is -0.454 e. The van der Waals surface area contributed by atoms with E-state index in [0.717, 1.165) is 51.3 Å². The molecular formula is C59H76N4O6. The van der Waals surface area contributed by atoms with Gasteiger partial charge >= 0.3 is 0 Å². The summed E-state index contributed by atoms with van der Waals surface area (Å²) in [4.78, 5) is 48.0. The lowest BCUT2D eigenvalue weighted by Crippen LogP contribution is -2.61. The predicted molar refractivity (Wildman–Crippen MR) is 281 cm³/mol. The van der Waals surface area contributed by atoms with Crippen LogP contribution in [0, 0.1) is 39.4 Å². The summed E-state index contributed by atoms with van der Waals surface area (Å²) in [5.74, 6) is 4.39. The summed E-state index contributed by atoms with van der Waals surface area (Å²) in [6.07, 6.45) is 8.06. The van der Waals surface area contributed by atoms with Crippen LogP contribution in [0.5, 0.6) is 11.5 Å². The first-order valence-electron chi connectivity index (χ1n) is 24.6. The summed E-state index contributed by atoms with van der Waals surface area (Å²) in [6.45, 7) is 23.4. The Hall–Kier alpha value is -6.16. The van der Waals surface area contributed by atoms with Crippen molar-refractivity contribution >= 4 is 51.5 Å². The Labute approximate surface area is 411 Å². The number of benzene rings is 5. The molecule has 5 aromatic rings. The van der Waals surface area contributed by atoms with Gasteiger partial charge in [0, 0.05) is 55.9 Å². The third kappa shape index (κ3) is 14.4. The van der Waals surface area contributed by atoms with Crippen LogP contribution in [0.15, 0.2) is 115 Å². The molecule has 4 fully saturated rings. The summed E-state index contributed by atoms with van der Waals surface area (Å²) in [5.41, 5.74) is 3.34. The van der Waals surface area contributed by atoms with E-state index >= 15 is 0 Å². The second kappa shape index (κ2) is 21.2. The molecule has 4 N–H and O–H groups in total. The smallest absolute Gasteiger partial charge is 0.231 e. The third-order valence-electron chi connectivity index (χ3n) is 13.0. The number of hydrogen-bond acceptors (Lipinski definition) is 6. The van der Waals surface area contributed by atoms with Gasteiger partial charge in [-0.15, -0.1) is 0 Å². The highest BCUT2D eigenvalue weighted by Gasteiger charge is 2.52. The molecule has 4 bridgehead atoms. The molecular weight excluding hydrogens is 861 g/mol. The SMILES string of the molecule is CC(C)(C)C(=O)NC12CC3CC(CC(C3)C1)C2.CC(C)(C)C(=O)Nc1ccc2c(c1)OCO2.CC(C)(C)C(=O)Nc1ccc2ccccc2c1.CC(C)(C)C(=O)Nc1ccccc1-c1ccccc1. The standard InChI is InChI=1S/C17H19NO.C15H25NO.C15H17NO.C12H15NO3/c1-17(2,3)16(19)18-15-12-8-7-11-14(15)13-9-5-4-6-10-13;1-14(2,3)13(17)16-15-7-10-4-11(8-15)6-12(5-10)9-15;1-15(2,3)14(17)16-13-9-8-11-6-4-5-7-12(11)10-13;1-12(2,3)11(14)13-8-4-5-9-10(6-8)16-7-15-9/h4-12H,1-3H3,(H,18,19);10-12H,4-9H2,1-3H3,(H,16,17);4-10H,1-3H3,(H,16,17);4-6H,7H2,1-3H3,(H,13,14). The molecule has 1 aliphatic heterocycles. The van der Waals surface area contributed by atoms with Crippen LogP contribution in [0.2, 0.25) is 0 Å². The Bertz CT molecular complexity index is 2560. The van der Waals surface area contributed by atoms with Gasteiger partial charge in [0.2, 0.25) is 30.4 Å². The van der Waals surface area contributed by atoms with Gasteiger partial charge in [-0.2, -0.15) is 0 Å². The summed E-state index contributed by atoms with van der Waals surface area (Å²) >= 11 is 0. The quantitative estimate of drug-likeness (QED) is 0.139. The highest BCUT2D eigenvalue weighted by atomic mass is 16.7. The number of para-hydroxylation sites is 1. The molecule has 5 aliphatic rings. The van der Waals surface area contributed by atoms with Crippen molar-refractivity contribution in [2.24, 2.45) is 39.4 Å². The van der Waals surface area contributed by atoms with E-state index in [9.17, 15) is 19.2 Å². The molecule has 5 aromatic carbocycles. The number of nitrogens with one attached hydrogen (secondary N) is 4. The fourth-order valence-electron chi connectivity index (χ4n) is 9.34. The van der Waals surface area contributed by atoms with Crippen LogP contribution in [-0.4, -0.2) is 36.0 Å². The maximum atomic E-state index is 12.2. The van der Waals surface area contributed by atoms with Crippen LogP contribution in [-0.2, 0) is 19.2 Å². The molecule has 368 valence electrons. The maximum Gasteiger partial charge on any atom is 0.231 e. The first-order valence-corrected chi connectivity index (χ1v) is 24.6. The molecule has 10 rings (SSSR count). The zero-order chi connectivity index (χ0) is 50.4. The van der Waals surface area contributed by atoms with Gasteiger partial charge in [0.25, 0.3) is 0 Å². The zero-order valence-corrected chi connectivity index (χ0v) is 43.1. The van der Waals surface area contributed by atoms with Crippen molar-refractivity contribution in [3.05, 3.63) is 115 Å². The van der Waals surface area contributed by atoms with Crippen molar-refractivity contribution < 1.29 is 28.7 Å². The fraction of sp³-hybridized carbons (Fsp3) is 0.458. The molecule has 0 aromatic heterocycles. The number of carbonyl (C=O) groups excluding carboxylic acids is 4. The van der Waals surface area contributed by atoms with Crippen LogP contribution in [0.4, 0.5) is 17.1 Å². The summed E-state index contributed by atoms with van der Waals surface area (Å²) in [5, 5.41) is 14.5. The molecule has 4 amide bonds. The molecule has 69 heavy (non-hydrogen) atoms. The normalized spacial score (nSPS) is 19.9. The van der Waals surface area contributed by atoms with Crippen molar-refractivity contribution in [2.45, 2.75) is 127 Å². The minimum absolute atomic E-state index is 0.0219. The molecule has 0 saturated heterocycles. The average Bonchev–Trinajstić information content (AvgIpc) is 3.74. The van der Waals surface area contributed by atoms with Crippen molar-refractivity contribution in [1.82, 2.24) is 5.32 Å². The van der Waals surface area contributed by atoms with E-state index in [1.54, 1.807) is 18.2 Å². The Balaban J connectivity index is 0.000000151. The van der Waals surface area contributed by atoms with Crippen LogP contribution < -0.4 is 30.7 Å². The van der Waals surface area contributed by atoms with Crippen molar-refractivity contribution in [3.63, 3.8) is 0 Å². The fourth-order valence-corrected chi connectivity index (χ4v) is 9.34. The molecule has 10 nitrogen and oxygen atoms in total. The van der Waals surface area contributed by atoms with Crippen LogP contribution in [0.3, 0.4) is 0 Å². The number of amides is 4. The second-order valence-corrected chi connectivity index (χ2v) is 23.6. The minimum atomic E-state index is -0.406. The monoisotopic (exact) mass is 937 g/mol. The maximum absolute atomic E-state index is 12.2. The van der Waals surface area contributed by atoms with Gasteiger partial charge in [-0.05, 0) is 103 Å². The molecule has 1 heterocycles. The molecule has 4 aliphatic carbocycles. The zero-order valence-electron chi connectivity index (χ0n) is 43.1. The van der Waals surface area contributed by atoms with E-state index in [1.807, 2.05) is 174 Å². The van der Waals surface area contributed by atoms with Gasteiger partial charge < -0.3 is 30.7 Å². The summed E-state index contributed by atoms with van der Waals surface area (Å²) in [7, 11) is 0. The Morgan fingerprint density at radius 3 is 1.46 bits per heavy atom. The van der Waals surface area contributed by atoms with Crippen LogP contribution in [0.1, 0.15) is 122 Å². The largest absolute Gasteiger partial charge is 0.454 e. The number of anilines is 3. The summed E-state index contributed by atoms with van der Waals surface area (Å²) in [6, 6.07) is 37.4. The lowest BCUT2D eigenvalue weighted by molar-refractivity contribution is -0.134. The molecule has 0 spiro atoms. The van der Waals surface area contributed by atoms with E-state index in [4.69, 9.17) is 9.47 Å². The van der Waals surface area contributed by atoms with Crippen molar-refractivity contribution in [1.29, 1.82) is 0 Å². The van der Waals surface area contributed by atoms with Crippen LogP contribution in [0.25, 0.3) is 21.9 Å².